The lowest BCUT2D eigenvalue weighted by Crippen LogP contribution is -2.14. The molecule has 2 aromatic heterocycles. The van der Waals surface area contributed by atoms with E-state index in [2.05, 4.69) is 13.5 Å². The maximum absolute atomic E-state index is 13.0. The molecule has 1 N–H and O–H groups in total. The molecule has 0 aliphatic rings. The summed E-state index contributed by atoms with van der Waals surface area (Å²) in [5, 5.41) is 0.502. The second kappa shape index (κ2) is 7.12. The number of nitrogens with zero attached hydrogens (tertiary/aromatic N) is 2. The highest BCUT2D eigenvalue weighted by molar-refractivity contribution is 7.92. The van der Waals surface area contributed by atoms with E-state index < -0.39 is 16.0 Å². The Balaban J connectivity index is 1.76. The smallest absolute Gasteiger partial charge is 0.342 e. The summed E-state index contributed by atoms with van der Waals surface area (Å²) in [5.74, 6) is -0.133. The van der Waals surface area contributed by atoms with Gasteiger partial charge in [-0.05, 0) is 44.5 Å². The molecule has 0 amide bonds. The molecular formula is C19H17N3O5S2. The van der Waals surface area contributed by atoms with Crippen molar-refractivity contribution in [3.05, 3.63) is 47.2 Å². The molecule has 4 rings (SSSR count). The van der Waals surface area contributed by atoms with Crippen LogP contribution in [-0.2, 0) is 14.8 Å². The molecule has 10 heteroatoms. The van der Waals surface area contributed by atoms with E-state index in [1.165, 1.54) is 12.1 Å². The van der Waals surface area contributed by atoms with Gasteiger partial charge in [-0.2, -0.15) is 8.75 Å². The molecule has 0 atom stereocenters. The Morgan fingerprint density at radius 3 is 2.76 bits per heavy atom. The highest BCUT2D eigenvalue weighted by atomic mass is 32.2. The van der Waals surface area contributed by atoms with E-state index in [1.54, 1.807) is 39.0 Å². The molecule has 0 saturated heterocycles. The van der Waals surface area contributed by atoms with Crippen LogP contribution in [0.4, 0.5) is 5.69 Å². The van der Waals surface area contributed by atoms with Gasteiger partial charge in [0, 0.05) is 11.5 Å². The van der Waals surface area contributed by atoms with Crippen LogP contribution >= 0.6 is 11.7 Å². The zero-order chi connectivity index (χ0) is 20.8. The lowest BCUT2D eigenvalue weighted by molar-refractivity contribution is 0.0526. The number of sulfonamides is 1. The molecule has 8 nitrogen and oxygen atoms in total. The van der Waals surface area contributed by atoms with Crippen molar-refractivity contribution in [2.75, 3.05) is 11.3 Å². The van der Waals surface area contributed by atoms with Crippen molar-refractivity contribution in [3.8, 4) is 0 Å². The van der Waals surface area contributed by atoms with Crippen molar-refractivity contribution >= 4 is 55.4 Å². The van der Waals surface area contributed by atoms with E-state index in [0.717, 1.165) is 17.3 Å². The summed E-state index contributed by atoms with van der Waals surface area (Å²) in [6, 6.07) is 7.94. The molecule has 2 heterocycles. The van der Waals surface area contributed by atoms with Gasteiger partial charge in [0.25, 0.3) is 10.0 Å². The quantitative estimate of drug-likeness (QED) is 0.475. The molecule has 0 saturated carbocycles. The van der Waals surface area contributed by atoms with Gasteiger partial charge < -0.3 is 9.15 Å². The SMILES string of the molecule is CCOC(=O)c1c(C)oc2cc(S(=O)(=O)Nc3c(C)ccc4nsnc34)ccc12. The van der Waals surface area contributed by atoms with E-state index in [0.29, 0.717) is 39.0 Å². The number of hydrogen-bond acceptors (Lipinski definition) is 8. The highest BCUT2D eigenvalue weighted by Crippen LogP contribution is 2.31. The molecule has 4 aromatic rings. The number of nitrogens with one attached hydrogen (secondary N) is 1. The first kappa shape index (κ1) is 19.3. The van der Waals surface area contributed by atoms with Crippen molar-refractivity contribution in [2.45, 2.75) is 25.7 Å². The van der Waals surface area contributed by atoms with Crippen LogP contribution in [0, 0.1) is 13.8 Å². The number of rotatable bonds is 5. The normalized spacial score (nSPS) is 11.8. The minimum Gasteiger partial charge on any atom is -0.462 e. The standard InChI is InChI=1S/C19H17N3O5S2/c1-4-26-19(23)16-11(3)27-15-9-12(6-7-13(15)16)29(24,25)22-17-10(2)5-8-14-18(17)21-28-20-14/h5-9,22H,4H2,1-3H3. The largest absolute Gasteiger partial charge is 0.462 e. The number of aromatic nitrogens is 2. The predicted octanol–water partition coefficient (Wildman–Crippen LogP) is 4.03. The molecule has 0 radical (unpaired) electrons. The molecule has 0 spiro atoms. The van der Waals surface area contributed by atoms with Gasteiger partial charge in [0.15, 0.2) is 0 Å². The second-order valence-corrected chi connectivity index (χ2v) is 8.62. The topological polar surface area (TPSA) is 111 Å². The van der Waals surface area contributed by atoms with E-state index >= 15 is 0 Å². The number of esters is 1. The number of ether oxygens (including phenoxy) is 1. The second-order valence-electron chi connectivity index (χ2n) is 6.41. The van der Waals surface area contributed by atoms with Crippen LogP contribution in [0.25, 0.3) is 22.0 Å². The van der Waals surface area contributed by atoms with Crippen LogP contribution in [0.5, 0.6) is 0 Å². The van der Waals surface area contributed by atoms with Crippen molar-refractivity contribution in [2.24, 2.45) is 0 Å². The van der Waals surface area contributed by atoms with E-state index in [4.69, 9.17) is 9.15 Å². The number of aryl methyl sites for hydroxylation is 2. The van der Waals surface area contributed by atoms with Gasteiger partial charge in [-0.25, -0.2) is 13.2 Å². The average Bonchev–Trinajstić information content (AvgIpc) is 3.27. The van der Waals surface area contributed by atoms with Crippen molar-refractivity contribution in [1.29, 1.82) is 0 Å². The minimum atomic E-state index is -3.92. The fraction of sp³-hybridized carbons (Fsp3) is 0.211. The predicted molar refractivity (Wildman–Crippen MR) is 110 cm³/mol. The van der Waals surface area contributed by atoms with Crippen molar-refractivity contribution in [1.82, 2.24) is 8.75 Å². The van der Waals surface area contributed by atoms with Crippen LogP contribution in [-0.4, -0.2) is 29.7 Å². The minimum absolute atomic E-state index is 0.00810. The molecule has 0 fully saturated rings. The Morgan fingerprint density at radius 2 is 2.00 bits per heavy atom. The third kappa shape index (κ3) is 3.34. The van der Waals surface area contributed by atoms with Crippen LogP contribution in [0.3, 0.4) is 0 Å². The summed E-state index contributed by atoms with van der Waals surface area (Å²) >= 11 is 1.02. The number of furan rings is 1. The third-order valence-corrected chi connectivity index (χ3v) is 6.39. The summed E-state index contributed by atoms with van der Waals surface area (Å²) in [4.78, 5) is 12.2. The fourth-order valence-corrected chi connectivity index (χ4v) is 4.79. The van der Waals surface area contributed by atoms with Gasteiger partial charge in [-0.15, -0.1) is 0 Å². The lowest BCUT2D eigenvalue weighted by atomic mass is 10.1. The summed E-state index contributed by atoms with van der Waals surface area (Å²) in [6.07, 6.45) is 0. The molecule has 29 heavy (non-hydrogen) atoms. The highest BCUT2D eigenvalue weighted by Gasteiger charge is 2.23. The van der Waals surface area contributed by atoms with Crippen molar-refractivity contribution in [3.63, 3.8) is 0 Å². The number of benzene rings is 2. The summed E-state index contributed by atoms with van der Waals surface area (Å²) < 4.78 is 47.6. The van der Waals surface area contributed by atoms with Crippen molar-refractivity contribution < 1.29 is 22.4 Å². The fourth-order valence-electron chi connectivity index (χ4n) is 3.10. The number of anilines is 1. The van der Waals surface area contributed by atoms with Gasteiger partial charge in [0.1, 0.15) is 27.9 Å². The summed E-state index contributed by atoms with van der Waals surface area (Å²) in [6.45, 7) is 5.38. The number of carbonyl (C=O) groups is 1. The maximum Gasteiger partial charge on any atom is 0.342 e. The molecule has 0 unspecified atom stereocenters. The zero-order valence-electron chi connectivity index (χ0n) is 15.8. The van der Waals surface area contributed by atoms with Crippen LogP contribution < -0.4 is 4.72 Å². The van der Waals surface area contributed by atoms with Gasteiger partial charge in [0.05, 0.1) is 28.9 Å². The van der Waals surface area contributed by atoms with Gasteiger partial charge >= 0.3 is 5.97 Å². The maximum atomic E-state index is 13.0. The van der Waals surface area contributed by atoms with E-state index in [1.807, 2.05) is 0 Å². The van der Waals surface area contributed by atoms with Crippen LogP contribution in [0.2, 0.25) is 0 Å². The first-order valence-electron chi connectivity index (χ1n) is 8.76. The van der Waals surface area contributed by atoms with E-state index in [9.17, 15) is 13.2 Å². The first-order valence-corrected chi connectivity index (χ1v) is 11.0. The summed E-state index contributed by atoms with van der Waals surface area (Å²) in [5.41, 5.74) is 2.83. The third-order valence-electron chi connectivity index (χ3n) is 4.50. The summed E-state index contributed by atoms with van der Waals surface area (Å²) in [7, 11) is -3.92. The number of fused-ring (bicyclic) bond motifs is 2. The van der Waals surface area contributed by atoms with Gasteiger partial charge in [-0.3, -0.25) is 4.72 Å². The van der Waals surface area contributed by atoms with E-state index in [-0.39, 0.29) is 11.5 Å². The first-order chi connectivity index (χ1) is 13.8. The molecule has 2 aromatic carbocycles. The van der Waals surface area contributed by atoms with Gasteiger partial charge in [-0.1, -0.05) is 6.07 Å². The average molecular weight is 431 g/mol. The van der Waals surface area contributed by atoms with Crippen LogP contribution in [0.1, 0.15) is 28.6 Å². The van der Waals surface area contributed by atoms with Crippen LogP contribution in [0.15, 0.2) is 39.6 Å². The molecule has 0 aliphatic carbocycles. The Hall–Kier alpha value is -2.98. The van der Waals surface area contributed by atoms with Gasteiger partial charge in [0.2, 0.25) is 0 Å². The number of carbonyl (C=O) groups excluding carboxylic acids is 1. The molecule has 0 aliphatic heterocycles. The molecular weight excluding hydrogens is 414 g/mol. The monoisotopic (exact) mass is 431 g/mol. The molecule has 150 valence electrons. The lowest BCUT2D eigenvalue weighted by Gasteiger charge is -2.11. The Labute approximate surface area is 170 Å². The Bertz CT molecular complexity index is 1360. The number of hydrogen-bond donors (Lipinski definition) is 1. The molecule has 0 bridgehead atoms. The Kier molecular flexibility index (Phi) is 4.75. The zero-order valence-corrected chi connectivity index (χ0v) is 17.5. The Morgan fingerprint density at radius 1 is 1.21 bits per heavy atom.